The van der Waals surface area contributed by atoms with E-state index in [9.17, 15) is 8.42 Å². The van der Waals surface area contributed by atoms with Gasteiger partial charge in [0.1, 0.15) is 4.21 Å². The van der Waals surface area contributed by atoms with E-state index in [2.05, 4.69) is 23.6 Å². The Balaban J connectivity index is 1.96. The van der Waals surface area contributed by atoms with E-state index in [1.54, 1.807) is 18.5 Å². The first-order valence-corrected chi connectivity index (χ1v) is 11.5. The van der Waals surface area contributed by atoms with Crippen molar-refractivity contribution in [1.29, 1.82) is 0 Å². The highest BCUT2D eigenvalue weighted by molar-refractivity contribution is 7.91. The highest BCUT2D eigenvalue weighted by Crippen LogP contribution is 2.26. The maximum atomic E-state index is 12.5. The Morgan fingerprint density at radius 1 is 1.19 bits per heavy atom. The van der Waals surface area contributed by atoms with Crippen LogP contribution in [-0.2, 0) is 16.4 Å². The molecule has 0 aromatic carbocycles. The van der Waals surface area contributed by atoms with Gasteiger partial charge in [-0.15, -0.1) is 11.3 Å². The number of aromatic nitrogens is 1. The minimum absolute atomic E-state index is 0.333. The van der Waals surface area contributed by atoms with Crippen molar-refractivity contribution in [2.45, 2.75) is 56.2 Å². The molecule has 0 aliphatic heterocycles. The number of pyridine rings is 1. The van der Waals surface area contributed by atoms with Gasteiger partial charge in [0.15, 0.2) is 0 Å². The second-order valence-corrected chi connectivity index (χ2v) is 9.69. The van der Waals surface area contributed by atoms with Crippen LogP contribution in [0.2, 0.25) is 0 Å². The summed E-state index contributed by atoms with van der Waals surface area (Å²) in [6, 6.07) is 6.70. The summed E-state index contributed by atoms with van der Waals surface area (Å²) < 4.78 is 28.2. The van der Waals surface area contributed by atoms with Gasteiger partial charge in [-0.1, -0.05) is 33.1 Å². The topological polar surface area (TPSA) is 82.9 Å². The molecule has 2 unspecified atom stereocenters. The standard InChI is InChI=1S/C19H28N3O2S2/c1-3-5-6-15(4-2)14-22-26(23,24)19-8-7-17(25-19)13-18(20)16-9-11-21-12-10-16/h7-12,15,18,20,22H,3-6,13-14H2,1-2H3. The Morgan fingerprint density at radius 2 is 1.92 bits per heavy atom. The summed E-state index contributed by atoms with van der Waals surface area (Å²) in [6.45, 7) is 4.74. The van der Waals surface area contributed by atoms with E-state index in [0.29, 0.717) is 23.1 Å². The van der Waals surface area contributed by atoms with Crippen LogP contribution in [0.5, 0.6) is 0 Å². The van der Waals surface area contributed by atoms with E-state index < -0.39 is 16.1 Å². The van der Waals surface area contributed by atoms with E-state index in [-0.39, 0.29) is 0 Å². The van der Waals surface area contributed by atoms with E-state index in [4.69, 9.17) is 5.73 Å². The Kier molecular flexibility index (Phi) is 8.21. The predicted octanol–water partition coefficient (Wildman–Crippen LogP) is 4.20. The number of hydrogen-bond donors (Lipinski definition) is 1. The molecule has 0 saturated carbocycles. The van der Waals surface area contributed by atoms with E-state index in [1.165, 1.54) is 11.3 Å². The molecule has 2 atom stereocenters. The monoisotopic (exact) mass is 394 g/mol. The fourth-order valence-electron chi connectivity index (χ4n) is 2.77. The van der Waals surface area contributed by atoms with E-state index >= 15 is 0 Å². The van der Waals surface area contributed by atoms with Crippen molar-refractivity contribution in [3.8, 4) is 0 Å². The van der Waals surface area contributed by atoms with Crippen LogP contribution in [0.4, 0.5) is 0 Å². The van der Waals surface area contributed by atoms with Crippen molar-refractivity contribution in [1.82, 2.24) is 15.4 Å². The zero-order chi connectivity index (χ0) is 19.0. The third-order valence-electron chi connectivity index (χ3n) is 4.52. The third-order valence-corrected chi connectivity index (χ3v) is 7.54. The lowest BCUT2D eigenvalue weighted by Crippen LogP contribution is -2.28. The zero-order valence-corrected chi connectivity index (χ0v) is 17.1. The number of unbranched alkanes of at least 4 members (excludes halogenated alkanes) is 1. The molecule has 1 radical (unpaired) electrons. The lowest BCUT2D eigenvalue weighted by atomic mass is 10.00. The molecule has 7 heteroatoms. The molecule has 0 bridgehead atoms. The Bertz CT molecular complexity index is 760. The first-order chi connectivity index (χ1) is 12.5. The van der Waals surface area contributed by atoms with E-state index in [0.717, 1.165) is 36.1 Å². The number of nitrogens with zero attached hydrogens (tertiary/aromatic N) is 1. The average molecular weight is 395 g/mol. The molecule has 2 aromatic rings. The van der Waals surface area contributed by atoms with Gasteiger partial charge in [-0.2, -0.15) is 0 Å². The Morgan fingerprint density at radius 3 is 2.58 bits per heavy atom. The molecule has 2 N–H and O–H groups in total. The van der Waals surface area contributed by atoms with Crippen molar-refractivity contribution >= 4 is 21.4 Å². The van der Waals surface area contributed by atoms with Crippen molar-refractivity contribution in [2.75, 3.05) is 6.54 Å². The SMILES string of the molecule is CCCCC(CC)CNS(=O)(=O)c1ccc(CC([NH])c2ccncc2)s1. The van der Waals surface area contributed by atoms with Gasteiger partial charge >= 0.3 is 0 Å². The molecule has 2 rings (SSSR count). The molecule has 0 amide bonds. The fourth-order valence-corrected chi connectivity index (χ4v) is 5.33. The first kappa shape index (κ1) is 21.0. The normalized spacial score (nSPS) is 14.3. The van der Waals surface area contributed by atoms with Gasteiger partial charge in [-0.05, 0) is 42.2 Å². The van der Waals surface area contributed by atoms with Crippen molar-refractivity contribution in [2.24, 2.45) is 5.92 Å². The minimum Gasteiger partial charge on any atom is -0.265 e. The molecule has 0 aliphatic rings. The van der Waals surface area contributed by atoms with Crippen LogP contribution < -0.4 is 10.5 Å². The summed E-state index contributed by atoms with van der Waals surface area (Å²) in [4.78, 5) is 4.87. The first-order valence-electron chi connectivity index (χ1n) is 9.15. The fraction of sp³-hybridized carbons (Fsp3) is 0.526. The number of thiophene rings is 1. The highest BCUT2D eigenvalue weighted by atomic mass is 32.2. The molecule has 0 spiro atoms. The zero-order valence-electron chi connectivity index (χ0n) is 15.4. The van der Waals surface area contributed by atoms with Gasteiger partial charge in [0.05, 0.1) is 6.04 Å². The average Bonchev–Trinajstić information content (AvgIpc) is 3.12. The van der Waals surface area contributed by atoms with Crippen LogP contribution in [-0.4, -0.2) is 19.9 Å². The van der Waals surface area contributed by atoms with Gasteiger partial charge in [0.25, 0.3) is 0 Å². The summed E-state index contributed by atoms with van der Waals surface area (Å²) >= 11 is 1.25. The number of hydrogen-bond acceptors (Lipinski definition) is 4. The molecule has 143 valence electrons. The maximum absolute atomic E-state index is 12.5. The van der Waals surface area contributed by atoms with Crippen LogP contribution in [0.15, 0.2) is 40.9 Å². The van der Waals surface area contributed by atoms with Gasteiger partial charge in [-0.3, -0.25) is 4.98 Å². The molecule has 0 saturated heterocycles. The lowest BCUT2D eigenvalue weighted by molar-refractivity contribution is 0.444. The molecular weight excluding hydrogens is 366 g/mol. The second kappa shape index (κ2) is 10.2. The number of nitrogens with one attached hydrogen (secondary N) is 2. The molecule has 5 nitrogen and oxygen atoms in total. The molecule has 0 fully saturated rings. The van der Waals surface area contributed by atoms with Gasteiger partial charge in [-0.25, -0.2) is 18.9 Å². The van der Waals surface area contributed by atoms with Crippen LogP contribution in [0.25, 0.3) is 0 Å². The van der Waals surface area contributed by atoms with Crippen LogP contribution in [0.1, 0.15) is 56.0 Å². The molecule has 2 aromatic heterocycles. The van der Waals surface area contributed by atoms with Crippen LogP contribution >= 0.6 is 11.3 Å². The van der Waals surface area contributed by atoms with Crippen LogP contribution in [0.3, 0.4) is 0 Å². The second-order valence-electron chi connectivity index (χ2n) is 6.53. The molecule has 0 aliphatic carbocycles. The Labute approximate surface area is 161 Å². The predicted molar refractivity (Wildman–Crippen MR) is 107 cm³/mol. The number of rotatable bonds is 11. The summed E-state index contributed by atoms with van der Waals surface area (Å²) in [5.74, 6) is 0.383. The highest BCUT2D eigenvalue weighted by Gasteiger charge is 2.19. The quantitative estimate of drug-likeness (QED) is 0.620. The molecular formula is C19H28N3O2S2. The van der Waals surface area contributed by atoms with Crippen molar-refractivity contribution in [3.05, 3.63) is 47.1 Å². The van der Waals surface area contributed by atoms with Crippen molar-refractivity contribution < 1.29 is 8.42 Å². The summed E-state index contributed by atoms with van der Waals surface area (Å²) in [5.41, 5.74) is 9.14. The Hall–Kier alpha value is -1.28. The van der Waals surface area contributed by atoms with Gasteiger partial charge in [0.2, 0.25) is 10.0 Å². The van der Waals surface area contributed by atoms with Crippen molar-refractivity contribution in [3.63, 3.8) is 0 Å². The summed E-state index contributed by atoms with van der Waals surface area (Å²) in [5, 5.41) is 0. The smallest absolute Gasteiger partial charge is 0.250 e. The molecule has 26 heavy (non-hydrogen) atoms. The summed E-state index contributed by atoms with van der Waals surface area (Å²) in [6.07, 6.45) is 8.13. The third kappa shape index (κ3) is 6.16. The lowest BCUT2D eigenvalue weighted by Gasteiger charge is -2.14. The molecule has 2 heterocycles. The minimum atomic E-state index is -3.47. The van der Waals surface area contributed by atoms with Crippen LogP contribution in [0, 0.1) is 5.92 Å². The van der Waals surface area contributed by atoms with Gasteiger partial charge in [0, 0.05) is 30.2 Å². The number of sulfonamides is 1. The largest absolute Gasteiger partial charge is 0.265 e. The van der Waals surface area contributed by atoms with Gasteiger partial charge < -0.3 is 0 Å². The van der Waals surface area contributed by atoms with E-state index in [1.807, 2.05) is 18.2 Å². The maximum Gasteiger partial charge on any atom is 0.250 e. The summed E-state index contributed by atoms with van der Waals surface area (Å²) in [7, 11) is -3.47.